The van der Waals surface area contributed by atoms with Gasteiger partial charge in [-0.05, 0) is 66.3 Å². The molecule has 0 radical (unpaired) electrons. The summed E-state index contributed by atoms with van der Waals surface area (Å²) in [6, 6.07) is 17.4. The maximum atomic E-state index is 13.6. The Morgan fingerprint density at radius 3 is 2.31 bits per heavy atom. The highest BCUT2D eigenvalue weighted by Gasteiger charge is 2.47. The molecule has 1 amide bonds. The summed E-state index contributed by atoms with van der Waals surface area (Å²) in [5.74, 6) is 0.0753. The van der Waals surface area contributed by atoms with Gasteiger partial charge in [0.2, 0.25) is 0 Å². The molecule has 7 nitrogen and oxygen atoms in total. The van der Waals surface area contributed by atoms with E-state index >= 15 is 0 Å². The fourth-order valence-corrected chi connectivity index (χ4v) is 5.03. The molecule has 0 saturated carbocycles. The van der Waals surface area contributed by atoms with Crippen LogP contribution in [-0.2, 0) is 15.0 Å². The highest BCUT2D eigenvalue weighted by Crippen LogP contribution is 2.45. The first-order chi connectivity index (χ1) is 18.6. The van der Waals surface area contributed by atoms with Crippen molar-refractivity contribution < 1.29 is 28.9 Å². The van der Waals surface area contributed by atoms with Gasteiger partial charge in [0.1, 0.15) is 24.7 Å². The van der Waals surface area contributed by atoms with Gasteiger partial charge in [-0.2, -0.15) is 0 Å². The number of Topliss-reactive ketones (excluding diaryl/α,β-unsaturated/α-hetero) is 1. The summed E-state index contributed by atoms with van der Waals surface area (Å²) in [6.07, 6.45) is 0. The number of nitrogens with zero attached hydrogens (tertiary/aromatic N) is 1. The predicted molar refractivity (Wildman–Crippen MR) is 150 cm³/mol. The zero-order valence-corrected chi connectivity index (χ0v) is 22.9. The molecule has 7 heteroatoms. The van der Waals surface area contributed by atoms with E-state index in [0.29, 0.717) is 53.9 Å². The first-order valence-electron chi connectivity index (χ1n) is 13.1. The Bertz CT molecular complexity index is 1460. The highest BCUT2D eigenvalue weighted by atomic mass is 16.6. The number of aliphatic hydroxyl groups excluding tert-OH is 1. The third-order valence-electron chi connectivity index (χ3n) is 7.09. The molecular weight excluding hydrogens is 494 g/mol. The van der Waals surface area contributed by atoms with Crippen molar-refractivity contribution in [2.24, 2.45) is 0 Å². The lowest BCUT2D eigenvalue weighted by molar-refractivity contribution is -0.132. The van der Waals surface area contributed by atoms with E-state index in [2.05, 4.69) is 20.8 Å². The van der Waals surface area contributed by atoms with Crippen LogP contribution in [0.25, 0.3) is 5.76 Å². The number of anilines is 1. The number of aliphatic hydroxyl groups is 1. The van der Waals surface area contributed by atoms with Gasteiger partial charge in [0.25, 0.3) is 11.7 Å². The SMILES string of the molecule is CCOc1ccc(/C(O)=C2\C(=O)C(=O)N(c3ccc4c(c3)OCCO4)C2c2ccc(C(C)(C)C)cc2)cc1C. The molecule has 3 aromatic rings. The van der Waals surface area contributed by atoms with Crippen molar-refractivity contribution in [1.29, 1.82) is 0 Å². The van der Waals surface area contributed by atoms with Crippen molar-refractivity contribution in [3.8, 4) is 17.2 Å². The van der Waals surface area contributed by atoms with Gasteiger partial charge >= 0.3 is 0 Å². The largest absolute Gasteiger partial charge is 0.507 e. The lowest BCUT2D eigenvalue weighted by Crippen LogP contribution is -2.29. The summed E-state index contributed by atoms with van der Waals surface area (Å²) in [4.78, 5) is 28.6. The van der Waals surface area contributed by atoms with E-state index in [4.69, 9.17) is 14.2 Å². The van der Waals surface area contributed by atoms with Crippen LogP contribution >= 0.6 is 0 Å². The minimum Gasteiger partial charge on any atom is -0.507 e. The Labute approximate surface area is 228 Å². The first-order valence-corrected chi connectivity index (χ1v) is 13.1. The number of fused-ring (bicyclic) bond motifs is 1. The maximum absolute atomic E-state index is 13.6. The van der Waals surface area contributed by atoms with Gasteiger partial charge in [-0.15, -0.1) is 0 Å². The first kappa shape index (κ1) is 26.4. The van der Waals surface area contributed by atoms with Crippen LogP contribution in [0.4, 0.5) is 5.69 Å². The Morgan fingerprint density at radius 2 is 1.67 bits per heavy atom. The lowest BCUT2D eigenvalue weighted by atomic mass is 9.85. The molecule has 0 aromatic heterocycles. The van der Waals surface area contributed by atoms with Crippen LogP contribution in [-0.4, -0.2) is 36.6 Å². The average molecular weight is 528 g/mol. The highest BCUT2D eigenvalue weighted by molar-refractivity contribution is 6.51. The summed E-state index contributed by atoms with van der Waals surface area (Å²) < 4.78 is 17.0. The van der Waals surface area contributed by atoms with E-state index in [1.54, 1.807) is 36.4 Å². The van der Waals surface area contributed by atoms with Gasteiger partial charge in [0.15, 0.2) is 11.5 Å². The van der Waals surface area contributed by atoms with Gasteiger partial charge in [-0.3, -0.25) is 14.5 Å². The molecular formula is C32H33NO6. The second kappa shape index (κ2) is 10.1. The minimum absolute atomic E-state index is 0.0296. The lowest BCUT2D eigenvalue weighted by Gasteiger charge is -2.28. The topological polar surface area (TPSA) is 85.3 Å². The van der Waals surface area contributed by atoms with Crippen LogP contribution in [0.5, 0.6) is 17.2 Å². The second-order valence-corrected chi connectivity index (χ2v) is 10.8. The van der Waals surface area contributed by atoms with Gasteiger partial charge in [-0.1, -0.05) is 45.0 Å². The zero-order valence-electron chi connectivity index (χ0n) is 22.9. The molecule has 1 atom stereocenters. The monoisotopic (exact) mass is 527 g/mol. The summed E-state index contributed by atoms with van der Waals surface area (Å²) in [7, 11) is 0. The Kier molecular flexibility index (Phi) is 6.85. The van der Waals surface area contributed by atoms with Crippen LogP contribution in [0.15, 0.2) is 66.2 Å². The molecule has 39 heavy (non-hydrogen) atoms. The van der Waals surface area contributed by atoms with Crippen LogP contribution in [0.2, 0.25) is 0 Å². The molecule has 0 aliphatic carbocycles. The number of ether oxygens (including phenoxy) is 3. The van der Waals surface area contributed by atoms with Gasteiger partial charge in [0.05, 0.1) is 18.2 Å². The van der Waals surface area contributed by atoms with E-state index in [1.165, 1.54) is 4.90 Å². The Balaban J connectivity index is 1.67. The fraction of sp³-hybridized carbons (Fsp3) is 0.312. The molecule has 1 fully saturated rings. The molecule has 1 N–H and O–H groups in total. The standard InChI is InChI=1S/C32H33NO6/c1-6-37-24-13-9-21(17-19(24)2)29(34)27-28(20-7-10-22(11-8-20)32(3,4)5)33(31(36)30(27)35)23-12-14-25-26(18-23)39-16-15-38-25/h7-14,17-18,28,34H,6,15-16H2,1-5H3/b29-27+. The second-order valence-electron chi connectivity index (χ2n) is 10.8. The number of amides is 1. The van der Waals surface area contributed by atoms with Crippen LogP contribution in [0.3, 0.4) is 0 Å². The number of aryl methyl sites for hydroxylation is 1. The minimum atomic E-state index is -0.839. The third kappa shape index (κ3) is 4.85. The number of ketones is 1. The smallest absolute Gasteiger partial charge is 0.300 e. The fourth-order valence-electron chi connectivity index (χ4n) is 5.03. The third-order valence-corrected chi connectivity index (χ3v) is 7.09. The van der Waals surface area contributed by atoms with E-state index in [-0.39, 0.29) is 16.7 Å². The van der Waals surface area contributed by atoms with Crippen molar-refractivity contribution in [2.75, 3.05) is 24.7 Å². The Hall–Kier alpha value is -4.26. The van der Waals surface area contributed by atoms with E-state index < -0.39 is 17.7 Å². The average Bonchev–Trinajstić information content (AvgIpc) is 3.19. The summed E-state index contributed by atoms with van der Waals surface area (Å²) >= 11 is 0. The van der Waals surface area contributed by atoms with Crippen molar-refractivity contribution in [2.45, 2.75) is 46.1 Å². The zero-order chi connectivity index (χ0) is 27.9. The predicted octanol–water partition coefficient (Wildman–Crippen LogP) is 6.09. The van der Waals surface area contributed by atoms with E-state index in [1.807, 2.05) is 38.1 Å². The van der Waals surface area contributed by atoms with Crippen molar-refractivity contribution in [1.82, 2.24) is 0 Å². The van der Waals surface area contributed by atoms with Crippen molar-refractivity contribution >= 4 is 23.1 Å². The molecule has 202 valence electrons. The Morgan fingerprint density at radius 1 is 0.974 bits per heavy atom. The number of carbonyl (C=O) groups excluding carboxylic acids is 2. The number of benzene rings is 3. The number of carbonyl (C=O) groups is 2. The van der Waals surface area contributed by atoms with E-state index in [0.717, 1.165) is 11.1 Å². The van der Waals surface area contributed by atoms with E-state index in [9.17, 15) is 14.7 Å². The van der Waals surface area contributed by atoms with Gasteiger partial charge in [-0.25, -0.2) is 0 Å². The van der Waals surface area contributed by atoms with Crippen molar-refractivity contribution in [3.05, 3.63) is 88.5 Å². The van der Waals surface area contributed by atoms with Crippen molar-refractivity contribution in [3.63, 3.8) is 0 Å². The maximum Gasteiger partial charge on any atom is 0.300 e. The normalized spacial score (nSPS) is 18.4. The summed E-state index contributed by atoms with van der Waals surface area (Å²) in [5, 5.41) is 11.5. The molecule has 1 unspecified atom stereocenters. The molecule has 3 aromatic carbocycles. The van der Waals surface area contributed by atoms with Gasteiger partial charge in [0, 0.05) is 17.3 Å². The summed E-state index contributed by atoms with van der Waals surface area (Å²) in [5.41, 5.74) is 3.51. The van der Waals surface area contributed by atoms with Gasteiger partial charge < -0.3 is 19.3 Å². The quantitative estimate of drug-likeness (QED) is 0.246. The molecule has 0 spiro atoms. The molecule has 0 bridgehead atoms. The van der Waals surface area contributed by atoms with Crippen LogP contribution < -0.4 is 19.1 Å². The molecule has 2 aliphatic heterocycles. The molecule has 1 saturated heterocycles. The summed E-state index contributed by atoms with van der Waals surface area (Å²) in [6.45, 7) is 11.5. The molecule has 2 heterocycles. The number of hydrogen-bond acceptors (Lipinski definition) is 6. The number of hydrogen-bond donors (Lipinski definition) is 1. The number of rotatable bonds is 5. The molecule has 2 aliphatic rings. The van der Waals surface area contributed by atoms with Crippen LogP contribution in [0, 0.1) is 6.92 Å². The molecule has 5 rings (SSSR count). The van der Waals surface area contributed by atoms with Crippen LogP contribution in [0.1, 0.15) is 56.0 Å².